The molecule has 1 saturated heterocycles. The van der Waals surface area contributed by atoms with E-state index in [0.717, 1.165) is 44.7 Å². The van der Waals surface area contributed by atoms with Crippen molar-refractivity contribution in [2.24, 2.45) is 0 Å². The third-order valence-electron chi connectivity index (χ3n) is 4.00. The summed E-state index contributed by atoms with van der Waals surface area (Å²) < 4.78 is 46.2. The van der Waals surface area contributed by atoms with Crippen LogP contribution in [0, 0.1) is 0 Å². The van der Waals surface area contributed by atoms with Crippen LogP contribution in [0.5, 0.6) is 11.5 Å². The summed E-state index contributed by atoms with van der Waals surface area (Å²) in [7, 11) is 3.62. The van der Waals surface area contributed by atoms with Crippen molar-refractivity contribution in [2.75, 3.05) is 46.9 Å². The third kappa shape index (κ3) is 5.91. The smallest absolute Gasteiger partial charge is 0.496 e. The number of likely N-dealkylation sites (N-methyl/N-ethyl adjacent to an activating group) is 1. The molecule has 0 saturated carbocycles. The molecule has 1 aromatic carbocycles. The second kappa shape index (κ2) is 7.88. The van der Waals surface area contributed by atoms with Crippen molar-refractivity contribution in [2.45, 2.75) is 19.2 Å². The van der Waals surface area contributed by atoms with Gasteiger partial charge in [-0.15, -0.1) is 13.2 Å². The summed E-state index contributed by atoms with van der Waals surface area (Å²) in [4.78, 5) is 4.67. The number of halogens is 3. The Kier molecular flexibility index (Phi) is 6.12. The third-order valence-corrected chi connectivity index (χ3v) is 4.00. The molecule has 130 valence electrons. The fraction of sp³-hybridized carbons (Fsp3) is 0.625. The van der Waals surface area contributed by atoms with Gasteiger partial charge in [0.2, 0.25) is 0 Å². The van der Waals surface area contributed by atoms with Gasteiger partial charge in [-0.3, -0.25) is 0 Å². The summed E-state index contributed by atoms with van der Waals surface area (Å²) >= 11 is 0. The van der Waals surface area contributed by atoms with Gasteiger partial charge in [-0.05, 0) is 50.2 Å². The van der Waals surface area contributed by atoms with Gasteiger partial charge < -0.3 is 19.3 Å². The molecule has 0 aromatic heterocycles. The van der Waals surface area contributed by atoms with E-state index in [1.54, 1.807) is 0 Å². The molecule has 1 heterocycles. The molecule has 0 spiro atoms. The molecule has 0 amide bonds. The van der Waals surface area contributed by atoms with Crippen LogP contribution in [0.3, 0.4) is 0 Å². The van der Waals surface area contributed by atoms with E-state index in [2.05, 4.69) is 21.6 Å². The Morgan fingerprint density at radius 1 is 1.13 bits per heavy atom. The molecule has 0 bridgehead atoms. The second-order valence-electron chi connectivity index (χ2n) is 5.77. The zero-order valence-electron chi connectivity index (χ0n) is 13.5. The summed E-state index contributed by atoms with van der Waals surface area (Å²) in [5.74, 6) is 0.394. The number of methoxy groups -OCH3 is 1. The monoisotopic (exact) mass is 332 g/mol. The van der Waals surface area contributed by atoms with Crippen molar-refractivity contribution >= 4 is 0 Å². The number of benzene rings is 1. The first-order valence-corrected chi connectivity index (χ1v) is 7.71. The first kappa shape index (κ1) is 17.9. The molecular formula is C16H23F3N2O2. The molecule has 7 heteroatoms. The van der Waals surface area contributed by atoms with E-state index >= 15 is 0 Å². The minimum Gasteiger partial charge on any atom is -0.496 e. The largest absolute Gasteiger partial charge is 0.573 e. The van der Waals surface area contributed by atoms with Gasteiger partial charge in [0.25, 0.3) is 0 Å². The molecule has 4 nitrogen and oxygen atoms in total. The Bertz CT molecular complexity index is 501. The maximum absolute atomic E-state index is 12.3. The number of piperazine rings is 1. The zero-order valence-corrected chi connectivity index (χ0v) is 13.5. The number of aryl methyl sites for hydroxylation is 1. The lowest BCUT2D eigenvalue weighted by Gasteiger charge is -2.32. The van der Waals surface area contributed by atoms with Crippen molar-refractivity contribution in [3.8, 4) is 11.5 Å². The average Bonchev–Trinajstić information content (AvgIpc) is 2.48. The van der Waals surface area contributed by atoms with Crippen LogP contribution in [0.4, 0.5) is 13.2 Å². The molecule has 0 unspecified atom stereocenters. The highest BCUT2D eigenvalue weighted by molar-refractivity contribution is 5.40. The van der Waals surface area contributed by atoms with Gasteiger partial charge in [-0.25, -0.2) is 0 Å². The number of nitrogens with zero attached hydrogens (tertiary/aromatic N) is 2. The minimum absolute atomic E-state index is 0.201. The highest BCUT2D eigenvalue weighted by Gasteiger charge is 2.31. The summed E-state index contributed by atoms with van der Waals surface area (Å²) in [6, 6.07) is 4.21. The van der Waals surface area contributed by atoms with E-state index < -0.39 is 6.36 Å². The Morgan fingerprint density at radius 2 is 1.83 bits per heavy atom. The highest BCUT2D eigenvalue weighted by Crippen LogP contribution is 2.29. The molecule has 1 aromatic rings. The SMILES string of the molecule is COc1ccc(OC(F)(F)F)cc1CCCN1CCN(C)CC1. The van der Waals surface area contributed by atoms with Gasteiger partial charge in [0.05, 0.1) is 7.11 Å². The first-order chi connectivity index (χ1) is 10.9. The Balaban J connectivity index is 1.91. The number of hydrogen-bond acceptors (Lipinski definition) is 4. The average molecular weight is 332 g/mol. The van der Waals surface area contributed by atoms with Gasteiger partial charge in [-0.1, -0.05) is 0 Å². The summed E-state index contributed by atoms with van der Waals surface area (Å²) in [5, 5.41) is 0. The van der Waals surface area contributed by atoms with Crippen LogP contribution in [0.15, 0.2) is 18.2 Å². The molecule has 0 N–H and O–H groups in total. The molecule has 1 aliphatic heterocycles. The van der Waals surface area contributed by atoms with Crippen LogP contribution in [-0.4, -0.2) is 63.0 Å². The van der Waals surface area contributed by atoms with Crippen molar-refractivity contribution in [1.29, 1.82) is 0 Å². The molecule has 2 rings (SSSR count). The van der Waals surface area contributed by atoms with Gasteiger partial charge >= 0.3 is 6.36 Å². The van der Waals surface area contributed by atoms with E-state index in [9.17, 15) is 13.2 Å². The highest BCUT2D eigenvalue weighted by atomic mass is 19.4. The molecule has 23 heavy (non-hydrogen) atoms. The van der Waals surface area contributed by atoms with E-state index in [1.807, 2.05) is 0 Å². The predicted octanol–water partition coefficient (Wildman–Crippen LogP) is 2.77. The van der Waals surface area contributed by atoms with Gasteiger partial charge in [0, 0.05) is 26.2 Å². The molecular weight excluding hydrogens is 309 g/mol. The van der Waals surface area contributed by atoms with E-state index in [4.69, 9.17) is 4.74 Å². The summed E-state index contributed by atoms with van der Waals surface area (Å²) in [6.07, 6.45) is -3.15. The van der Waals surface area contributed by atoms with Crippen LogP contribution in [0.2, 0.25) is 0 Å². The Hall–Kier alpha value is -1.47. The van der Waals surface area contributed by atoms with Crippen LogP contribution in [0.1, 0.15) is 12.0 Å². The number of alkyl halides is 3. The van der Waals surface area contributed by atoms with Crippen LogP contribution < -0.4 is 9.47 Å². The normalized spacial score (nSPS) is 17.3. The minimum atomic E-state index is -4.67. The zero-order chi connectivity index (χ0) is 16.9. The fourth-order valence-electron chi connectivity index (χ4n) is 2.71. The molecule has 1 aliphatic rings. The van der Waals surface area contributed by atoms with Crippen molar-refractivity contribution < 1.29 is 22.6 Å². The lowest BCUT2D eigenvalue weighted by molar-refractivity contribution is -0.274. The summed E-state index contributed by atoms with van der Waals surface area (Å²) in [6.45, 7) is 5.10. The van der Waals surface area contributed by atoms with Crippen LogP contribution in [-0.2, 0) is 6.42 Å². The quantitative estimate of drug-likeness (QED) is 0.800. The topological polar surface area (TPSA) is 24.9 Å². The van der Waals surface area contributed by atoms with Gasteiger partial charge in [0.1, 0.15) is 11.5 Å². The van der Waals surface area contributed by atoms with E-state index in [0.29, 0.717) is 12.2 Å². The maximum atomic E-state index is 12.3. The van der Waals surface area contributed by atoms with E-state index in [1.165, 1.54) is 25.3 Å². The van der Waals surface area contributed by atoms with Crippen molar-refractivity contribution in [1.82, 2.24) is 9.80 Å². The second-order valence-corrected chi connectivity index (χ2v) is 5.77. The molecule has 0 atom stereocenters. The molecule has 1 fully saturated rings. The van der Waals surface area contributed by atoms with Gasteiger partial charge in [0.15, 0.2) is 0 Å². The van der Waals surface area contributed by atoms with E-state index in [-0.39, 0.29) is 5.75 Å². The van der Waals surface area contributed by atoms with Crippen molar-refractivity contribution in [3.63, 3.8) is 0 Å². The number of rotatable bonds is 6. The van der Waals surface area contributed by atoms with Gasteiger partial charge in [-0.2, -0.15) is 0 Å². The summed E-state index contributed by atoms with van der Waals surface area (Å²) in [5.41, 5.74) is 0.739. The van der Waals surface area contributed by atoms with Crippen LogP contribution >= 0.6 is 0 Å². The Morgan fingerprint density at radius 3 is 2.43 bits per heavy atom. The molecule has 0 radical (unpaired) electrons. The standard InChI is InChI=1S/C16H23F3N2O2/c1-20-8-10-21(11-9-20)7-3-4-13-12-14(23-16(17,18)19)5-6-15(13)22-2/h5-6,12H,3-4,7-11H2,1-2H3. The van der Waals surface area contributed by atoms with Crippen LogP contribution in [0.25, 0.3) is 0 Å². The maximum Gasteiger partial charge on any atom is 0.573 e. The predicted molar refractivity (Wildman–Crippen MR) is 81.9 cm³/mol. The lowest BCUT2D eigenvalue weighted by Crippen LogP contribution is -2.44. The van der Waals surface area contributed by atoms with Crippen molar-refractivity contribution in [3.05, 3.63) is 23.8 Å². The first-order valence-electron chi connectivity index (χ1n) is 7.71. The molecule has 0 aliphatic carbocycles. The number of ether oxygens (including phenoxy) is 2. The fourth-order valence-corrected chi connectivity index (χ4v) is 2.71. The number of hydrogen-bond donors (Lipinski definition) is 0. The lowest BCUT2D eigenvalue weighted by atomic mass is 10.1. The Labute approximate surface area is 134 Å².